The Bertz CT molecular complexity index is 1410. The highest BCUT2D eigenvalue weighted by Crippen LogP contribution is 2.29. The Hall–Kier alpha value is -3.36. The zero-order chi connectivity index (χ0) is 30.0. The van der Waals surface area contributed by atoms with Crippen molar-refractivity contribution in [2.24, 2.45) is 0 Å². The van der Waals surface area contributed by atoms with Crippen molar-refractivity contribution in [1.82, 2.24) is 10.2 Å². The van der Waals surface area contributed by atoms with Crippen LogP contribution in [0.4, 0.5) is 5.69 Å². The zero-order valence-electron chi connectivity index (χ0n) is 24.3. The molecule has 0 saturated carbocycles. The van der Waals surface area contributed by atoms with Crippen LogP contribution < -0.4 is 9.62 Å². The molecule has 3 aromatic carbocycles. The summed E-state index contributed by atoms with van der Waals surface area (Å²) < 4.78 is 29.1. The largest absolute Gasteiger partial charge is 0.354 e. The average Bonchev–Trinajstić information content (AvgIpc) is 2.95. The monoisotopic (exact) mass is 597 g/mol. The number of benzene rings is 3. The van der Waals surface area contributed by atoms with Gasteiger partial charge in [-0.2, -0.15) is 0 Å². The zero-order valence-corrected chi connectivity index (χ0v) is 25.8. The highest BCUT2D eigenvalue weighted by Gasteiger charge is 2.34. The predicted octanol–water partition coefficient (Wildman–Crippen LogP) is 5.92. The Balaban J connectivity index is 2.02. The van der Waals surface area contributed by atoms with Gasteiger partial charge in [-0.1, -0.05) is 79.9 Å². The van der Waals surface area contributed by atoms with E-state index in [-0.39, 0.29) is 17.3 Å². The number of unbranched alkanes of at least 4 members (excludes halogenated alkanes) is 1. The summed E-state index contributed by atoms with van der Waals surface area (Å²) in [5.74, 6) is -0.693. The summed E-state index contributed by atoms with van der Waals surface area (Å²) in [6.07, 6.45) is 2.68. The lowest BCUT2D eigenvalue weighted by molar-refractivity contribution is -0.139. The minimum absolute atomic E-state index is 0.0745. The molecule has 0 aliphatic heterocycles. The van der Waals surface area contributed by atoms with Gasteiger partial charge in [0.2, 0.25) is 11.8 Å². The molecule has 41 heavy (non-hydrogen) atoms. The Morgan fingerprint density at radius 3 is 2.24 bits per heavy atom. The van der Waals surface area contributed by atoms with Gasteiger partial charge in [0.15, 0.2) is 0 Å². The number of amides is 2. The maximum atomic E-state index is 14.1. The van der Waals surface area contributed by atoms with Crippen molar-refractivity contribution >= 4 is 39.1 Å². The molecule has 3 rings (SSSR count). The second-order valence-corrected chi connectivity index (χ2v) is 12.4. The van der Waals surface area contributed by atoms with E-state index in [1.807, 2.05) is 51.1 Å². The third-order valence-electron chi connectivity index (χ3n) is 7.02. The molecule has 0 aliphatic rings. The van der Waals surface area contributed by atoms with E-state index in [0.29, 0.717) is 35.7 Å². The Morgan fingerprint density at radius 1 is 0.951 bits per heavy atom. The summed E-state index contributed by atoms with van der Waals surface area (Å²) in [5, 5.41) is 3.41. The number of nitrogens with one attached hydrogen (secondary N) is 1. The lowest BCUT2D eigenvalue weighted by Crippen LogP contribution is -2.53. The minimum Gasteiger partial charge on any atom is -0.354 e. The molecule has 0 heterocycles. The first-order valence-corrected chi connectivity index (χ1v) is 15.9. The first-order valence-electron chi connectivity index (χ1n) is 14.0. The van der Waals surface area contributed by atoms with Gasteiger partial charge in [-0.15, -0.1) is 0 Å². The van der Waals surface area contributed by atoms with E-state index in [9.17, 15) is 18.0 Å². The summed E-state index contributed by atoms with van der Waals surface area (Å²) in [5.41, 5.74) is 2.90. The molecule has 0 bridgehead atoms. The van der Waals surface area contributed by atoms with Crippen molar-refractivity contribution in [3.63, 3.8) is 0 Å². The lowest BCUT2D eigenvalue weighted by atomic mass is 10.1. The van der Waals surface area contributed by atoms with E-state index >= 15 is 0 Å². The van der Waals surface area contributed by atoms with E-state index in [1.165, 1.54) is 17.0 Å². The maximum Gasteiger partial charge on any atom is 0.264 e. The number of anilines is 1. The second kappa shape index (κ2) is 15.0. The number of hydrogen-bond acceptors (Lipinski definition) is 4. The lowest BCUT2D eigenvalue weighted by Gasteiger charge is -2.33. The summed E-state index contributed by atoms with van der Waals surface area (Å²) in [6.45, 7) is 7.85. The van der Waals surface area contributed by atoms with Gasteiger partial charge in [0, 0.05) is 18.1 Å². The molecule has 2 amide bonds. The smallest absolute Gasteiger partial charge is 0.264 e. The summed E-state index contributed by atoms with van der Waals surface area (Å²) in [4.78, 5) is 29.0. The molecule has 1 N–H and O–H groups in total. The van der Waals surface area contributed by atoms with Gasteiger partial charge in [-0.25, -0.2) is 8.42 Å². The van der Waals surface area contributed by atoms with Gasteiger partial charge < -0.3 is 10.2 Å². The van der Waals surface area contributed by atoms with Crippen LogP contribution in [-0.4, -0.2) is 50.8 Å². The van der Waals surface area contributed by atoms with E-state index < -0.39 is 28.5 Å². The van der Waals surface area contributed by atoms with Crippen molar-refractivity contribution in [2.75, 3.05) is 23.9 Å². The van der Waals surface area contributed by atoms with Gasteiger partial charge in [0.25, 0.3) is 10.0 Å². The van der Waals surface area contributed by atoms with Crippen LogP contribution in [0.25, 0.3) is 0 Å². The molecule has 3 aromatic rings. The number of rotatable bonds is 14. The van der Waals surface area contributed by atoms with Gasteiger partial charge >= 0.3 is 0 Å². The Labute approximate surface area is 249 Å². The van der Waals surface area contributed by atoms with Crippen LogP contribution in [0.5, 0.6) is 0 Å². The fraction of sp³-hybridized carbons (Fsp3) is 0.375. The predicted molar refractivity (Wildman–Crippen MR) is 166 cm³/mol. The second-order valence-electron chi connectivity index (χ2n) is 10.1. The van der Waals surface area contributed by atoms with Gasteiger partial charge in [0.05, 0.1) is 10.6 Å². The van der Waals surface area contributed by atoms with E-state index in [0.717, 1.165) is 28.3 Å². The van der Waals surface area contributed by atoms with Gasteiger partial charge in [-0.05, 0) is 74.6 Å². The standard InChI is InChI=1S/C32H40ClN3O4S/c1-5-7-20-34-32(38)29(6-2)35(21-19-26-11-9-8-10-12-26)31(37)23-36(30-18-15-27(33)22-25(30)4)41(39,40)28-16-13-24(3)14-17-28/h8-18,22,29H,5-7,19-21,23H2,1-4H3,(H,34,38). The first-order chi connectivity index (χ1) is 19.6. The molecule has 0 aromatic heterocycles. The van der Waals surface area contributed by atoms with Crippen molar-refractivity contribution < 1.29 is 18.0 Å². The van der Waals surface area contributed by atoms with Crippen LogP contribution >= 0.6 is 11.6 Å². The van der Waals surface area contributed by atoms with Crippen LogP contribution in [0.3, 0.4) is 0 Å². The van der Waals surface area contributed by atoms with E-state index in [4.69, 9.17) is 11.6 Å². The van der Waals surface area contributed by atoms with Crippen LogP contribution in [0.2, 0.25) is 5.02 Å². The topological polar surface area (TPSA) is 86.8 Å². The van der Waals surface area contributed by atoms with E-state index in [2.05, 4.69) is 5.32 Å². The normalized spacial score (nSPS) is 12.0. The van der Waals surface area contributed by atoms with Crippen molar-refractivity contribution in [1.29, 1.82) is 0 Å². The molecule has 1 unspecified atom stereocenters. The molecule has 0 aliphatic carbocycles. The number of sulfonamides is 1. The van der Waals surface area contributed by atoms with Crippen LogP contribution in [-0.2, 0) is 26.0 Å². The molecular weight excluding hydrogens is 558 g/mol. The highest BCUT2D eigenvalue weighted by molar-refractivity contribution is 7.92. The van der Waals surface area contributed by atoms with Crippen molar-refractivity contribution in [3.8, 4) is 0 Å². The number of carbonyl (C=O) groups excluding carboxylic acids is 2. The number of nitrogens with zero attached hydrogens (tertiary/aromatic N) is 2. The minimum atomic E-state index is -4.13. The fourth-order valence-corrected chi connectivity index (χ4v) is 6.36. The van der Waals surface area contributed by atoms with Crippen molar-refractivity contribution in [2.45, 2.75) is 64.3 Å². The van der Waals surface area contributed by atoms with Gasteiger partial charge in [0.1, 0.15) is 12.6 Å². The molecule has 1 atom stereocenters. The molecule has 0 spiro atoms. The number of halogens is 1. The third-order valence-corrected chi connectivity index (χ3v) is 9.02. The van der Waals surface area contributed by atoms with Gasteiger partial charge in [-0.3, -0.25) is 13.9 Å². The summed E-state index contributed by atoms with van der Waals surface area (Å²) in [7, 11) is -4.13. The first kappa shape index (κ1) is 32.2. The molecule has 0 fully saturated rings. The fourth-order valence-electron chi connectivity index (χ4n) is 4.65. The SMILES string of the molecule is CCCCNC(=O)C(CC)N(CCc1ccccc1)C(=O)CN(c1ccc(Cl)cc1C)S(=O)(=O)c1ccc(C)cc1. The van der Waals surface area contributed by atoms with Crippen LogP contribution in [0.15, 0.2) is 77.7 Å². The quantitative estimate of drug-likeness (QED) is 0.234. The van der Waals surface area contributed by atoms with Crippen LogP contribution in [0, 0.1) is 13.8 Å². The molecular formula is C32H40ClN3O4S. The van der Waals surface area contributed by atoms with E-state index in [1.54, 1.807) is 37.3 Å². The summed E-state index contributed by atoms with van der Waals surface area (Å²) >= 11 is 6.19. The Morgan fingerprint density at radius 2 is 1.63 bits per heavy atom. The Kier molecular flexibility index (Phi) is 11.8. The number of carbonyl (C=O) groups is 2. The number of aryl methyl sites for hydroxylation is 2. The van der Waals surface area contributed by atoms with Crippen LogP contribution in [0.1, 0.15) is 49.8 Å². The molecule has 9 heteroatoms. The number of hydrogen-bond donors (Lipinski definition) is 1. The van der Waals surface area contributed by atoms with Crippen molar-refractivity contribution in [3.05, 3.63) is 94.5 Å². The molecule has 0 saturated heterocycles. The molecule has 7 nitrogen and oxygen atoms in total. The highest BCUT2D eigenvalue weighted by atomic mass is 35.5. The third kappa shape index (κ3) is 8.57. The average molecular weight is 598 g/mol. The summed E-state index contributed by atoms with van der Waals surface area (Å²) in [6, 6.07) is 20.4. The molecule has 0 radical (unpaired) electrons. The maximum absolute atomic E-state index is 14.1. The molecule has 220 valence electrons.